The van der Waals surface area contributed by atoms with Crippen molar-refractivity contribution in [3.8, 4) is 16.4 Å². The van der Waals surface area contributed by atoms with Gasteiger partial charge in [0.2, 0.25) is 5.13 Å². The average Bonchev–Trinajstić information content (AvgIpc) is 3.29. The van der Waals surface area contributed by atoms with Crippen molar-refractivity contribution in [1.82, 2.24) is 14.8 Å². The fourth-order valence-electron chi connectivity index (χ4n) is 2.64. The van der Waals surface area contributed by atoms with Gasteiger partial charge in [0.05, 0.1) is 11.4 Å². The van der Waals surface area contributed by atoms with Crippen LogP contribution in [0.1, 0.15) is 16.1 Å². The molecule has 1 N–H and O–H groups in total. The maximum absolute atomic E-state index is 13.1. The molecule has 0 spiro atoms. The van der Waals surface area contributed by atoms with Gasteiger partial charge in [0.1, 0.15) is 11.6 Å². The smallest absolute Gasteiger partial charge is 0.256 e. The molecule has 0 radical (unpaired) electrons. The molecule has 0 fully saturated rings. The summed E-state index contributed by atoms with van der Waals surface area (Å²) in [6, 6.07) is 15.0. The van der Waals surface area contributed by atoms with E-state index in [9.17, 15) is 9.18 Å². The minimum Gasteiger partial charge on any atom is -0.306 e. The number of hydrogen-bond donors (Lipinski definition) is 1. The van der Waals surface area contributed by atoms with Gasteiger partial charge in [-0.1, -0.05) is 15.9 Å². The van der Waals surface area contributed by atoms with Crippen LogP contribution in [0, 0.1) is 12.7 Å². The normalized spacial score (nSPS) is 10.8. The van der Waals surface area contributed by atoms with E-state index in [-0.39, 0.29) is 11.7 Å². The topological polar surface area (TPSA) is 59.8 Å². The number of rotatable bonds is 4. The molecule has 2 aromatic heterocycles. The number of hydrogen-bond acceptors (Lipinski definition) is 4. The Hall–Kier alpha value is -2.84. The molecule has 0 aliphatic rings. The number of carbonyl (C=O) groups is 1. The average molecular weight is 457 g/mol. The predicted octanol–water partition coefficient (Wildman–Crippen LogP) is 5.46. The Bertz CT molecular complexity index is 1140. The summed E-state index contributed by atoms with van der Waals surface area (Å²) in [6.07, 6.45) is 0. The Labute approximate surface area is 173 Å². The fourth-order valence-corrected chi connectivity index (χ4v) is 3.70. The van der Waals surface area contributed by atoms with E-state index in [2.05, 4.69) is 31.3 Å². The number of aromatic nitrogens is 3. The minimum atomic E-state index is -0.292. The Morgan fingerprint density at radius 2 is 1.86 bits per heavy atom. The highest BCUT2D eigenvalue weighted by atomic mass is 79.9. The Balaban J connectivity index is 1.62. The lowest BCUT2D eigenvalue weighted by atomic mass is 10.2. The molecule has 0 bridgehead atoms. The quantitative estimate of drug-likeness (QED) is 0.443. The molecule has 0 aliphatic heterocycles. The highest BCUT2D eigenvalue weighted by Crippen LogP contribution is 2.27. The van der Waals surface area contributed by atoms with Crippen molar-refractivity contribution < 1.29 is 9.18 Å². The van der Waals surface area contributed by atoms with E-state index in [4.69, 9.17) is 0 Å². The van der Waals surface area contributed by atoms with Crippen LogP contribution in [0.15, 0.2) is 64.5 Å². The number of nitrogens with zero attached hydrogens (tertiary/aromatic N) is 3. The van der Waals surface area contributed by atoms with E-state index < -0.39 is 0 Å². The standard InChI is InChI=1S/C20H14BrFN4OS/c1-12-10-18(24-19(27)14-2-6-15(21)7-3-14)26(25-12)20-23-17(11-28-20)13-4-8-16(22)9-5-13/h2-11H,1H3,(H,24,27). The van der Waals surface area contributed by atoms with Crippen molar-refractivity contribution in [1.29, 1.82) is 0 Å². The van der Waals surface area contributed by atoms with Crippen LogP contribution in [0.4, 0.5) is 10.2 Å². The van der Waals surface area contributed by atoms with Gasteiger partial charge in [0.15, 0.2) is 0 Å². The first-order valence-corrected chi connectivity index (χ1v) is 10.0. The number of benzene rings is 2. The lowest BCUT2D eigenvalue weighted by Crippen LogP contribution is -2.15. The van der Waals surface area contributed by atoms with E-state index in [1.807, 2.05) is 24.4 Å². The second-order valence-corrected chi connectivity index (χ2v) is 7.82. The van der Waals surface area contributed by atoms with Crippen molar-refractivity contribution in [2.45, 2.75) is 6.92 Å². The van der Waals surface area contributed by atoms with Crippen molar-refractivity contribution in [3.05, 3.63) is 81.5 Å². The van der Waals surface area contributed by atoms with Crippen molar-refractivity contribution in [2.24, 2.45) is 0 Å². The molecular weight excluding hydrogens is 443 g/mol. The highest BCUT2D eigenvalue weighted by Gasteiger charge is 2.15. The summed E-state index contributed by atoms with van der Waals surface area (Å²) >= 11 is 4.75. The first kappa shape index (κ1) is 18.5. The Morgan fingerprint density at radius 3 is 2.57 bits per heavy atom. The maximum atomic E-state index is 13.1. The van der Waals surface area contributed by atoms with Crippen LogP contribution in [0.25, 0.3) is 16.4 Å². The molecule has 0 saturated heterocycles. The van der Waals surface area contributed by atoms with E-state index >= 15 is 0 Å². The summed E-state index contributed by atoms with van der Waals surface area (Å²) in [5, 5.41) is 9.82. The van der Waals surface area contributed by atoms with Gasteiger partial charge in [-0.25, -0.2) is 9.37 Å². The largest absolute Gasteiger partial charge is 0.306 e. The van der Waals surface area contributed by atoms with Gasteiger partial charge in [0, 0.05) is 27.0 Å². The molecule has 0 atom stereocenters. The molecule has 8 heteroatoms. The predicted molar refractivity (Wildman–Crippen MR) is 111 cm³/mol. The zero-order chi connectivity index (χ0) is 19.7. The Kier molecular flexibility index (Phi) is 5.06. The maximum Gasteiger partial charge on any atom is 0.256 e. The van der Waals surface area contributed by atoms with Gasteiger partial charge in [-0.05, 0) is 55.5 Å². The SMILES string of the molecule is Cc1cc(NC(=O)c2ccc(Br)cc2)n(-c2nc(-c3ccc(F)cc3)cs2)n1. The van der Waals surface area contributed by atoms with Gasteiger partial charge >= 0.3 is 0 Å². The monoisotopic (exact) mass is 456 g/mol. The number of aryl methyl sites for hydroxylation is 1. The van der Waals surface area contributed by atoms with Gasteiger partial charge < -0.3 is 5.32 Å². The molecule has 4 rings (SSSR count). The summed E-state index contributed by atoms with van der Waals surface area (Å²) < 4.78 is 15.6. The molecule has 2 aromatic carbocycles. The molecule has 0 saturated carbocycles. The molecule has 140 valence electrons. The first-order valence-electron chi connectivity index (χ1n) is 8.35. The van der Waals surface area contributed by atoms with E-state index in [1.54, 1.807) is 35.0 Å². The summed E-state index contributed by atoms with van der Waals surface area (Å²) in [6.45, 7) is 1.85. The summed E-state index contributed by atoms with van der Waals surface area (Å²) in [5.74, 6) is 0.00855. The van der Waals surface area contributed by atoms with E-state index in [1.165, 1.54) is 23.5 Å². The van der Waals surface area contributed by atoms with Crippen LogP contribution < -0.4 is 5.32 Å². The number of nitrogens with one attached hydrogen (secondary N) is 1. The van der Waals surface area contributed by atoms with Gasteiger partial charge in [0.25, 0.3) is 5.91 Å². The fraction of sp³-hybridized carbons (Fsp3) is 0.0500. The molecule has 5 nitrogen and oxygen atoms in total. The minimum absolute atomic E-state index is 0.232. The van der Waals surface area contributed by atoms with Gasteiger partial charge in [-0.3, -0.25) is 4.79 Å². The van der Waals surface area contributed by atoms with E-state index in [0.717, 1.165) is 21.4 Å². The zero-order valence-electron chi connectivity index (χ0n) is 14.7. The van der Waals surface area contributed by atoms with Crippen LogP contribution >= 0.6 is 27.3 Å². The number of halogens is 2. The zero-order valence-corrected chi connectivity index (χ0v) is 17.1. The molecule has 2 heterocycles. The van der Waals surface area contributed by atoms with Crippen LogP contribution in [0.2, 0.25) is 0 Å². The molecule has 4 aromatic rings. The van der Waals surface area contributed by atoms with E-state index in [0.29, 0.717) is 16.5 Å². The number of amides is 1. The van der Waals surface area contributed by atoms with Gasteiger partial charge in [-0.2, -0.15) is 9.78 Å². The molecule has 28 heavy (non-hydrogen) atoms. The number of carbonyl (C=O) groups excluding carboxylic acids is 1. The molecule has 1 amide bonds. The summed E-state index contributed by atoms with van der Waals surface area (Å²) in [4.78, 5) is 17.1. The molecule has 0 unspecified atom stereocenters. The van der Waals surface area contributed by atoms with Crippen LogP contribution in [0.3, 0.4) is 0 Å². The van der Waals surface area contributed by atoms with Crippen LogP contribution in [0.5, 0.6) is 0 Å². The molecular formula is C20H14BrFN4OS. The first-order chi connectivity index (χ1) is 13.5. The third-order valence-corrected chi connectivity index (χ3v) is 5.34. The summed E-state index contributed by atoms with van der Waals surface area (Å²) in [7, 11) is 0. The second kappa shape index (κ2) is 7.65. The van der Waals surface area contributed by atoms with Crippen molar-refractivity contribution in [3.63, 3.8) is 0 Å². The lowest BCUT2D eigenvalue weighted by Gasteiger charge is -2.06. The second-order valence-electron chi connectivity index (χ2n) is 6.07. The highest BCUT2D eigenvalue weighted by molar-refractivity contribution is 9.10. The molecule has 0 aliphatic carbocycles. The Morgan fingerprint density at radius 1 is 1.14 bits per heavy atom. The summed E-state index contributed by atoms with van der Waals surface area (Å²) in [5.41, 5.74) is 2.83. The van der Waals surface area contributed by atoms with Crippen molar-refractivity contribution >= 4 is 39.0 Å². The van der Waals surface area contributed by atoms with Crippen LogP contribution in [-0.4, -0.2) is 20.7 Å². The number of anilines is 1. The van der Waals surface area contributed by atoms with Crippen LogP contribution in [-0.2, 0) is 0 Å². The number of thiazole rings is 1. The van der Waals surface area contributed by atoms with Crippen molar-refractivity contribution in [2.75, 3.05) is 5.32 Å². The third kappa shape index (κ3) is 3.88. The lowest BCUT2D eigenvalue weighted by molar-refractivity contribution is 0.102. The van der Waals surface area contributed by atoms with Gasteiger partial charge in [-0.15, -0.1) is 11.3 Å². The third-order valence-electron chi connectivity index (χ3n) is 3.99.